The Balaban J connectivity index is 1.62. The molecular weight excluding hydrogens is 498 g/mol. The minimum absolute atomic E-state index is 0.0804. The van der Waals surface area contributed by atoms with E-state index in [1.165, 1.54) is 0 Å². The third-order valence-corrected chi connectivity index (χ3v) is 5.58. The Kier molecular flexibility index (Phi) is 11.8. The summed E-state index contributed by atoms with van der Waals surface area (Å²) in [4.78, 5) is 48.1. The lowest BCUT2D eigenvalue weighted by Crippen LogP contribution is -2.40. The molecule has 0 heterocycles. The molecule has 2 rings (SSSR count). The smallest absolute Gasteiger partial charge is 0.250 e. The molecule has 39 heavy (non-hydrogen) atoms. The van der Waals surface area contributed by atoms with Crippen LogP contribution in [0.15, 0.2) is 48.5 Å². The van der Waals surface area contributed by atoms with Gasteiger partial charge in [0.1, 0.15) is 13.2 Å². The van der Waals surface area contributed by atoms with Gasteiger partial charge in [-0.1, -0.05) is 77.9 Å². The Bertz CT molecular complexity index is 1110. The topological polar surface area (TPSA) is 123 Å². The van der Waals surface area contributed by atoms with Gasteiger partial charge in [-0.2, -0.15) is 0 Å². The van der Waals surface area contributed by atoms with Crippen LogP contribution in [0.1, 0.15) is 51.9 Å². The van der Waals surface area contributed by atoms with Crippen LogP contribution in [0.5, 0.6) is 0 Å². The summed E-state index contributed by atoms with van der Waals surface area (Å²) >= 11 is 0. The summed E-state index contributed by atoms with van der Waals surface area (Å²) < 4.78 is 10.6. The van der Waals surface area contributed by atoms with Gasteiger partial charge in [0.15, 0.2) is 5.78 Å². The largest absolute Gasteiger partial charge is 0.369 e. The first kappa shape index (κ1) is 31.7. The van der Waals surface area contributed by atoms with E-state index in [0.29, 0.717) is 24.3 Å². The molecule has 0 atom stereocenters. The fourth-order valence-electron chi connectivity index (χ4n) is 3.33. The Morgan fingerprint density at radius 1 is 0.641 bits per heavy atom. The van der Waals surface area contributed by atoms with Crippen molar-refractivity contribution in [3.8, 4) is 11.1 Å². The molecular formula is C30H41N3O6. The van der Waals surface area contributed by atoms with Gasteiger partial charge in [0.2, 0.25) is 17.7 Å². The number of nitrogens with one attached hydrogen (secondary N) is 3. The van der Waals surface area contributed by atoms with Gasteiger partial charge in [0.05, 0.1) is 13.2 Å². The summed E-state index contributed by atoms with van der Waals surface area (Å²) in [5.41, 5.74) is 2.36. The molecule has 9 heteroatoms. The van der Waals surface area contributed by atoms with Crippen LogP contribution in [0.2, 0.25) is 0 Å². The van der Waals surface area contributed by atoms with Gasteiger partial charge in [0, 0.05) is 35.2 Å². The number of carbonyl (C=O) groups is 4. The minimum Gasteiger partial charge on any atom is -0.369 e. The number of rotatable bonds is 13. The summed E-state index contributed by atoms with van der Waals surface area (Å²) in [5.74, 6) is -0.581. The van der Waals surface area contributed by atoms with Crippen molar-refractivity contribution in [2.24, 2.45) is 10.8 Å². The number of hydrogen-bond acceptors (Lipinski definition) is 6. The highest BCUT2D eigenvalue weighted by Gasteiger charge is 2.22. The number of benzene rings is 2. The summed E-state index contributed by atoms with van der Waals surface area (Å²) in [5, 5.41) is 8.17. The molecule has 0 bridgehead atoms. The zero-order valence-electron chi connectivity index (χ0n) is 23.8. The second-order valence-electron chi connectivity index (χ2n) is 11.2. The van der Waals surface area contributed by atoms with Gasteiger partial charge in [-0.3, -0.25) is 19.2 Å². The quantitative estimate of drug-likeness (QED) is 0.263. The second kappa shape index (κ2) is 14.6. The molecule has 212 valence electrons. The van der Waals surface area contributed by atoms with E-state index in [-0.39, 0.29) is 49.9 Å². The predicted octanol–water partition coefficient (Wildman–Crippen LogP) is 3.83. The minimum atomic E-state index is -0.474. The zero-order valence-corrected chi connectivity index (χ0v) is 23.8. The summed E-state index contributed by atoms with van der Waals surface area (Å²) in [6.45, 7) is 11.9. The molecule has 0 saturated carbocycles. The van der Waals surface area contributed by atoms with Crippen molar-refractivity contribution < 1.29 is 28.7 Å². The molecule has 0 radical (unpaired) electrons. The Labute approximate surface area is 231 Å². The van der Waals surface area contributed by atoms with Crippen molar-refractivity contribution in [2.75, 3.05) is 44.8 Å². The maximum absolute atomic E-state index is 12.4. The van der Waals surface area contributed by atoms with Gasteiger partial charge in [-0.05, 0) is 23.3 Å². The van der Waals surface area contributed by atoms with Crippen LogP contribution in [0.4, 0.5) is 5.69 Å². The maximum atomic E-state index is 12.4. The predicted molar refractivity (Wildman–Crippen MR) is 151 cm³/mol. The Morgan fingerprint density at radius 3 is 1.64 bits per heavy atom. The van der Waals surface area contributed by atoms with Crippen molar-refractivity contribution >= 4 is 29.2 Å². The fourth-order valence-corrected chi connectivity index (χ4v) is 3.33. The van der Waals surface area contributed by atoms with E-state index < -0.39 is 10.8 Å². The van der Waals surface area contributed by atoms with Crippen LogP contribution in [0.25, 0.3) is 11.1 Å². The Hall–Kier alpha value is -3.56. The number of amides is 3. The van der Waals surface area contributed by atoms with E-state index in [0.717, 1.165) is 11.1 Å². The average Bonchev–Trinajstić information content (AvgIpc) is 2.87. The van der Waals surface area contributed by atoms with Crippen molar-refractivity contribution in [1.29, 1.82) is 0 Å². The normalized spacial score (nSPS) is 11.5. The molecule has 3 amide bonds. The molecule has 3 N–H and O–H groups in total. The van der Waals surface area contributed by atoms with Crippen LogP contribution in [-0.4, -0.2) is 63.0 Å². The van der Waals surface area contributed by atoms with E-state index in [2.05, 4.69) is 16.0 Å². The van der Waals surface area contributed by atoms with E-state index in [9.17, 15) is 19.2 Å². The average molecular weight is 540 g/mol. The molecule has 0 fully saturated rings. The molecule has 2 aromatic rings. The molecule has 0 saturated heterocycles. The first-order valence-corrected chi connectivity index (χ1v) is 13.0. The molecule has 0 aromatic heterocycles. The van der Waals surface area contributed by atoms with Crippen LogP contribution in [-0.2, 0) is 23.9 Å². The third kappa shape index (κ3) is 11.4. The van der Waals surface area contributed by atoms with E-state index in [1.54, 1.807) is 12.1 Å². The standard InChI is InChI=1S/C30H41N3O6/c1-29(2,3)27(36)23-9-7-21(8-10-23)22-11-13-24(14-12-22)33-26(35)20-39-18-17-38-19-25(34)31-15-16-32-28(37)30(4,5)6/h7-14H,15-20H2,1-6H3,(H,31,34)(H,32,37)(H,33,35). The molecule has 0 unspecified atom stereocenters. The van der Waals surface area contributed by atoms with Crippen molar-refractivity contribution in [2.45, 2.75) is 41.5 Å². The van der Waals surface area contributed by atoms with E-state index in [4.69, 9.17) is 9.47 Å². The number of Topliss-reactive ketones (excluding diaryl/α,β-unsaturated/α-hetero) is 1. The second-order valence-corrected chi connectivity index (χ2v) is 11.2. The lowest BCUT2D eigenvalue weighted by atomic mass is 9.86. The van der Waals surface area contributed by atoms with E-state index in [1.807, 2.05) is 77.9 Å². The highest BCUT2D eigenvalue weighted by molar-refractivity contribution is 6.00. The third-order valence-electron chi connectivity index (χ3n) is 5.58. The van der Waals surface area contributed by atoms with Crippen LogP contribution < -0.4 is 16.0 Å². The van der Waals surface area contributed by atoms with Crippen LogP contribution in [0, 0.1) is 10.8 Å². The molecule has 0 aliphatic carbocycles. The molecule has 0 aliphatic rings. The zero-order chi connectivity index (χ0) is 29.1. The lowest BCUT2D eigenvalue weighted by Gasteiger charge is -2.17. The van der Waals surface area contributed by atoms with Crippen molar-refractivity contribution in [3.05, 3.63) is 54.1 Å². The highest BCUT2D eigenvalue weighted by atomic mass is 16.5. The van der Waals surface area contributed by atoms with Gasteiger partial charge in [-0.15, -0.1) is 0 Å². The summed E-state index contributed by atoms with van der Waals surface area (Å²) in [6.07, 6.45) is 0. The van der Waals surface area contributed by atoms with Crippen LogP contribution >= 0.6 is 0 Å². The van der Waals surface area contributed by atoms with Crippen LogP contribution in [0.3, 0.4) is 0 Å². The summed E-state index contributed by atoms with van der Waals surface area (Å²) in [6, 6.07) is 14.9. The van der Waals surface area contributed by atoms with Gasteiger partial charge in [-0.25, -0.2) is 0 Å². The molecule has 2 aromatic carbocycles. The Morgan fingerprint density at radius 2 is 1.13 bits per heavy atom. The van der Waals surface area contributed by atoms with Gasteiger partial charge in [0.25, 0.3) is 0 Å². The highest BCUT2D eigenvalue weighted by Crippen LogP contribution is 2.25. The number of ether oxygens (including phenoxy) is 2. The summed E-state index contributed by atoms with van der Waals surface area (Å²) in [7, 11) is 0. The number of ketones is 1. The number of anilines is 1. The monoisotopic (exact) mass is 539 g/mol. The van der Waals surface area contributed by atoms with E-state index >= 15 is 0 Å². The van der Waals surface area contributed by atoms with Crippen molar-refractivity contribution in [1.82, 2.24) is 10.6 Å². The first-order valence-electron chi connectivity index (χ1n) is 13.0. The lowest BCUT2D eigenvalue weighted by molar-refractivity contribution is -0.129. The first-order chi connectivity index (χ1) is 18.3. The number of carbonyl (C=O) groups excluding carboxylic acids is 4. The van der Waals surface area contributed by atoms with Gasteiger partial charge < -0.3 is 25.4 Å². The number of hydrogen-bond donors (Lipinski definition) is 3. The maximum Gasteiger partial charge on any atom is 0.250 e. The van der Waals surface area contributed by atoms with Crippen molar-refractivity contribution in [3.63, 3.8) is 0 Å². The molecule has 0 aliphatic heterocycles. The molecule has 9 nitrogen and oxygen atoms in total. The van der Waals surface area contributed by atoms with Gasteiger partial charge >= 0.3 is 0 Å². The molecule has 0 spiro atoms. The SMILES string of the molecule is CC(C)(C)C(=O)NCCNC(=O)COCCOCC(=O)Nc1ccc(-c2ccc(C(=O)C(C)(C)C)cc2)cc1. The fraction of sp³-hybridized carbons (Fsp3) is 0.467.